The Bertz CT molecular complexity index is 575. The molecule has 3 heterocycles. The monoisotopic (exact) mass is 424 g/mol. The highest BCUT2D eigenvalue weighted by Gasteiger charge is 2.45. The number of carbonyl (C=O) groups excluding carboxylic acids is 1. The maximum atomic E-state index is 13.6. The van der Waals surface area contributed by atoms with Crippen LogP contribution < -0.4 is 21.8 Å². The van der Waals surface area contributed by atoms with Crippen LogP contribution in [-0.2, 0) is 4.79 Å². The molecule has 4 fully saturated rings. The van der Waals surface area contributed by atoms with Crippen molar-refractivity contribution >= 4 is 17.5 Å². The summed E-state index contributed by atoms with van der Waals surface area (Å²) in [4.78, 5) is 14.0. The molecular weight excluding hydrogens is 397 g/mol. The predicted molar refractivity (Wildman–Crippen MR) is 98.0 cm³/mol. The van der Waals surface area contributed by atoms with Crippen molar-refractivity contribution in [1.82, 2.24) is 31.7 Å². The van der Waals surface area contributed by atoms with Crippen LogP contribution in [0.2, 0.25) is 0 Å². The summed E-state index contributed by atoms with van der Waals surface area (Å²) in [7, 11) is 0. The van der Waals surface area contributed by atoms with Crippen molar-refractivity contribution in [2.45, 2.75) is 61.8 Å². The normalized spacial score (nSPS) is 43.2. The molecule has 1 amide bonds. The molecule has 1 aliphatic carbocycles. The third kappa shape index (κ3) is 4.13. The van der Waals surface area contributed by atoms with E-state index >= 15 is 0 Å². The Morgan fingerprint density at radius 3 is 2.82 bits per heavy atom. The van der Waals surface area contributed by atoms with Gasteiger partial charge in [-0.1, -0.05) is 0 Å². The number of alkyl halides is 4. The first-order valence-electron chi connectivity index (χ1n) is 10.0. The van der Waals surface area contributed by atoms with Gasteiger partial charge in [-0.25, -0.2) is 29.0 Å². The van der Waals surface area contributed by atoms with Crippen molar-refractivity contribution < 1.29 is 18.0 Å². The fourth-order valence-electron chi connectivity index (χ4n) is 5.12. The number of amides is 1. The van der Waals surface area contributed by atoms with Gasteiger partial charge in [-0.2, -0.15) is 5.53 Å². The molecule has 0 aromatic rings. The molecule has 1 saturated carbocycles. The summed E-state index contributed by atoms with van der Waals surface area (Å²) in [6.45, 7) is 2.56. The van der Waals surface area contributed by atoms with Gasteiger partial charge in [0.2, 0.25) is 6.43 Å². The Balaban J connectivity index is 1.35. The number of nitrogens with one attached hydrogen (secondary N) is 4. The SMILES string of the molecule is O=C1NNCC(N2CCC3C(C2)NNN3CC2CCC(F)CC2C(F)F)C1Cl. The molecule has 160 valence electrons. The first-order chi connectivity index (χ1) is 13.4. The van der Waals surface area contributed by atoms with Gasteiger partial charge in [0.1, 0.15) is 11.5 Å². The quantitative estimate of drug-likeness (QED) is 0.489. The van der Waals surface area contributed by atoms with Crippen LogP contribution >= 0.6 is 11.6 Å². The number of carbonyl (C=O) groups is 1. The van der Waals surface area contributed by atoms with E-state index in [4.69, 9.17) is 11.6 Å². The van der Waals surface area contributed by atoms with E-state index in [1.54, 1.807) is 0 Å². The second kappa shape index (κ2) is 8.61. The number of rotatable bonds is 4. The number of fused-ring (bicyclic) bond motifs is 1. The van der Waals surface area contributed by atoms with Crippen molar-refractivity contribution in [1.29, 1.82) is 0 Å². The van der Waals surface area contributed by atoms with Gasteiger partial charge in [0.15, 0.2) is 0 Å². The molecular formula is C17H28ClF3N6O. The van der Waals surface area contributed by atoms with Crippen LogP contribution in [0.25, 0.3) is 0 Å². The molecule has 11 heteroatoms. The molecule has 0 aromatic heterocycles. The van der Waals surface area contributed by atoms with Crippen LogP contribution in [0.1, 0.15) is 25.7 Å². The molecule has 4 aliphatic rings. The zero-order valence-electron chi connectivity index (χ0n) is 15.6. The summed E-state index contributed by atoms with van der Waals surface area (Å²) in [6.07, 6.45) is -1.94. The molecule has 0 spiro atoms. The van der Waals surface area contributed by atoms with Crippen molar-refractivity contribution in [3.05, 3.63) is 0 Å². The molecule has 3 saturated heterocycles. The Labute approximate surface area is 167 Å². The average molecular weight is 425 g/mol. The minimum atomic E-state index is -2.48. The molecule has 0 aromatic carbocycles. The van der Waals surface area contributed by atoms with Gasteiger partial charge in [-0.05, 0) is 31.6 Å². The largest absolute Gasteiger partial charge is 0.295 e. The summed E-state index contributed by atoms with van der Waals surface area (Å²) in [5.41, 5.74) is 11.8. The van der Waals surface area contributed by atoms with Gasteiger partial charge >= 0.3 is 0 Å². The first-order valence-corrected chi connectivity index (χ1v) is 10.5. The molecule has 0 bridgehead atoms. The zero-order valence-corrected chi connectivity index (χ0v) is 16.3. The minimum Gasteiger partial charge on any atom is -0.295 e. The lowest BCUT2D eigenvalue weighted by Crippen LogP contribution is -2.65. The van der Waals surface area contributed by atoms with Gasteiger partial charge < -0.3 is 0 Å². The number of piperidine rings is 1. The summed E-state index contributed by atoms with van der Waals surface area (Å²) in [6, 6.07) is 0.206. The Kier molecular flexibility index (Phi) is 6.34. The van der Waals surface area contributed by atoms with Crippen LogP contribution in [0.15, 0.2) is 0 Å². The van der Waals surface area contributed by atoms with Crippen molar-refractivity contribution in [2.24, 2.45) is 11.8 Å². The topological polar surface area (TPSA) is 71.7 Å². The minimum absolute atomic E-state index is 0.0423. The van der Waals surface area contributed by atoms with Gasteiger partial charge in [0, 0.05) is 44.2 Å². The number of hydrazine groups is 3. The Hall–Kier alpha value is -0.650. The summed E-state index contributed by atoms with van der Waals surface area (Å²) in [5.74, 6) is -1.31. The van der Waals surface area contributed by atoms with Crippen molar-refractivity contribution in [3.8, 4) is 0 Å². The zero-order chi connectivity index (χ0) is 19.8. The summed E-state index contributed by atoms with van der Waals surface area (Å²) >= 11 is 6.28. The van der Waals surface area contributed by atoms with E-state index in [0.717, 1.165) is 13.0 Å². The highest BCUT2D eigenvalue weighted by molar-refractivity contribution is 6.31. The average Bonchev–Trinajstić information content (AvgIpc) is 3.07. The molecule has 4 N–H and O–H groups in total. The summed E-state index contributed by atoms with van der Waals surface area (Å²) in [5, 5.41) is 1.41. The maximum Gasteiger partial charge on any atom is 0.253 e. The van der Waals surface area contributed by atoms with Crippen LogP contribution in [0.3, 0.4) is 0 Å². The van der Waals surface area contributed by atoms with E-state index in [1.807, 2.05) is 5.01 Å². The third-order valence-corrected chi connectivity index (χ3v) is 7.21. The molecule has 7 nitrogen and oxygen atoms in total. The maximum absolute atomic E-state index is 13.6. The standard InChI is InChI=1S/C17H28ClF3N6O/c18-15-14(6-22-24-17(15)28)26-4-3-13-12(8-26)23-25-27(13)7-9-1-2-10(19)5-11(9)16(20)21/h9-16,22-23,25H,1-8H2,(H,24,28). The van der Waals surface area contributed by atoms with E-state index in [1.165, 1.54) is 0 Å². The molecule has 7 atom stereocenters. The fraction of sp³-hybridized carbons (Fsp3) is 0.941. The van der Waals surface area contributed by atoms with Gasteiger partial charge in [0.05, 0.1) is 6.04 Å². The molecule has 0 radical (unpaired) electrons. The van der Waals surface area contributed by atoms with Gasteiger partial charge in [0.25, 0.3) is 5.91 Å². The van der Waals surface area contributed by atoms with Gasteiger partial charge in [-0.3, -0.25) is 15.1 Å². The Morgan fingerprint density at radius 1 is 1.21 bits per heavy atom. The third-order valence-electron chi connectivity index (χ3n) is 6.72. The van der Waals surface area contributed by atoms with E-state index in [2.05, 4.69) is 26.7 Å². The second-order valence-electron chi connectivity index (χ2n) is 8.37. The molecule has 4 rings (SSSR count). The number of likely N-dealkylation sites (tertiary alicyclic amines) is 1. The van der Waals surface area contributed by atoms with Crippen LogP contribution in [0.4, 0.5) is 13.2 Å². The lowest BCUT2D eigenvalue weighted by Gasteiger charge is -2.43. The smallest absolute Gasteiger partial charge is 0.253 e. The van der Waals surface area contributed by atoms with Crippen LogP contribution in [0, 0.1) is 11.8 Å². The number of hydrogen-bond donors (Lipinski definition) is 4. The molecule has 3 aliphatic heterocycles. The predicted octanol–water partition coefficient (Wildman–Crippen LogP) is 0.384. The lowest BCUT2D eigenvalue weighted by molar-refractivity contribution is -0.125. The lowest BCUT2D eigenvalue weighted by atomic mass is 9.78. The van der Waals surface area contributed by atoms with E-state index in [-0.39, 0.29) is 36.4 Å². The number of halogens is 4. The van der Waals surface area contributed by atoms with Gasteiger partial charge in [-0.15, -0.1) is 11.6 Å². The highest BCUT2D eigenvalue weighted by Crippen LogP contribution is 2.37. The van der Waals surface area contributed by atoms with Crippen molar-refractivity contribution in [2.75, 3.05) is 26.2 Å². The number of nitrogens with zero attached hydrogens (tertiary/aromatic N) is 2. The van der Waals surface area contributed by atoms with E-state index in [0.29, 0.717) is 32.5 Å². The Morgan fingerprint density at radius 2 is 2.04 bits per heavy atom. The van der Waals surface area contributed by atoms with E-state index in [9.17, 15) is 18.0 Å². The molecule has 7 unspecified atom stereocenters. The second-order valence-corrected chi connectivity index (χ2v) is 8.84. The first kappa shape index (κ1) is 20.6. The van der Waals surface area contributed by atoms with Crippen molar-refractivity contribution in [3.63, 3.8) is 0 Å². The number of hydrogen-bond acceptors (Lipinski definition) is 6. The van der Waals surface area contributed by atoms with Crippen LogP contribution in [-0.4, -0.2) is 78.1 Å². The summed E-state index contributed by atoms with van der Waals surface area (Å²) < 4.78 is 40.4. The molecule has 28 heavy (non-hydrogen) atoms. The van der Waals surface area contributed by atoms with Crippen LogP contribution in [0.5, 0.6) is 0 Å². The van der Waals surface area contributed by atoms with E-state index < -0.39 is 23.9 Å². The fourth-order valence-corrected chi connectivity index (χ4v) is 5.42. The highest BCUT2D eigenvalue weighted by atomic mass is 35.5.